The zero-order chi connectivity index (χ0) is 13.1. The maximum absolute atomic E-state index is 12.1. The quantitative estimate of drug-likeness (QED) is 0.832. The summed E-state index contributed by atoms with van der Waals surface area (Å²) in [6.07, 6.45) is -4.84. The highest BCUT2D eigenvalue weighted by molar-refractivity contribution is 5.98. The Hall–Kier alpha value is -1.56. The van der Waals surface area contributed by atoms with Crippen LogP contribution in [-0.2, 0) is 0 Å². The maximum Gasteiger partial charge on any atom is 0.573 e. The van der Waals surface area contributed by atoms with Gasteiger partial charge >= 0.3 is 6.36 Å². The molecule has 1 aromatic carbocycles. The molecule has 3 nitrogen and oxygen atoms in total. The van der Waals surface area contributed by atoms with E-state index in [9.17, 15) is 18.0 Å². The fraction of sp³-hybridized carbons (Fsp3) is 0.364. The molecule has 0 aliphatic rings. The zero-order valence-electron chi connectivity index (χ0n) is 9.12. The van der Waals surface area contributed by atoms with Gasteiger partial charge in [0.15, 0.2) is 5.78 Å². The van der Waals surface area contributed by atoms with Crippen LogP contribution in [0.5, 0.6) is 5.75 Å². The highest BCUT2D eigenvalue weighted by Gasteiger charge is 2.32. The Bertz CT molecular complexity index is 402. The van der Waals surface area contributed by atoms with Crippen LogP contribution in [0.3, 0.4) is 0 Å². The van der Waals surface area contributed by atoms with E-state index in [1.165, 1.54) is 18.2 Å². The molecule has 0 radical (unpaired) electrons. The van der Waals surface area contributed by atoms with Crippen LogP contribution in [0.15, 0.2) is 24.3 Å². The van der Waals surface area contributed by atoms with Crippen molar-refractivity contribution < 1.29 is 22.7 Å². The summed E-state index contributed by atoms with van der Waals surface area (Å²) in [6.45, 7) is 1.60. The van der Waals surface area contributed by atoms with Crippen molar-refractivity contribution in [1.29, 1.82) is 0 Å². The van der Waals surface area contributed by atoms with E-state index in [-0.39, 0.29) is 12.0 Å². The van der Waals surface area contributed by atoms with Gasteiger partial charge in [0, 0.05) is 12.5 Å². The molecule has 0 aromatic heterocycles. The Morgan fingerprint density at radius 3 is 2.53 bits per heavy atom. The number of Topliss-reactive ketones (excluding diaryl/α,β-unsaturated/α-hetero) is 1. The first-order valence-corrected chi connectivity index (χ1v) is 4.93. The first-order chi connectivity index (χ1) is 7.79. The minimum Gasteiger partial charge on any atom is -0.405 e. The standard InChI is InChI=1S/C11H12F3NO2/c1-7(15)6-9(16)8-4-2-3-5-10(8)17-11(12,13)14/h2-5,7H,6,15H2,1H3. The van der Waals surface area contributed by atoms with E-state index in [1.54, 1.807) is 6.92 Å². The van der Waals surface area contributed by atoms with Crippen molar-refractivity contribution >= 4 is 5.78 Å². The van der Waals surface area contributed by atoms with Crippen molar-refractivity contribution in [3.63, 3.8) is 0 Å². The van der Waals surface area contributed by atoms with E-state index in [0.717, 1.165) is 6.07 Å². The predicted molar refractivity (Wildman–Crippen MR) is 55.7 cm³/mol. The van der Waals surface area contributed by atoms with Crippen LogP contribution in [0.1, 0.15) is 23.7 Å². The van der Waals surface area contributed by atoms with Gasteiger partial charge in [0.05, 0.1) is 5.56 Å². The van der Waals surface area contributed by atoms with Crippen molar-refractivity contribution in [3.8, 4) is 5.75 Å². The number of rotatable bonds is 4. The largest absolute Gasteiger partial charge is 0.573 e. The number of halogens is 3. The van der Waals surface area contributed by atoms with Gasteiger partial charge in [-0.25, -0.2) is 0 Å². The van der Waals surface area contributed by atoms with Crippen molar-refractivity contribution in [3.05, 3.63) is 29.8 Å². The number of carbonyl (C=O) groups is 1. The average Bonchev–Trinajstić information content (AvgIpc) is 2.14. The Morgan fingerprint density at radius 1 is 1.41 bits per heavy atom. The summed E-state index contributed by atoms with van der Waals surface area (Å²) in [5.74, 6) is -0.967. The molecule has 0 heterocycles. The summed E-state index contributed by atoms with van der Waals surface area (Å²) in [5, 5.41) is 0. The molecule has 0 saturated heterocycles. The van der Waals surface area contributed by atoms with E-state index < -0.39 is 23.9 Å². The second kappa shape index (κ2) is 5.18. The van der Waals surface area contributed by atoms with Gasteiger partial charge in [0.2, 0.25) is 0 Å². The number of alkyl halides is 3. The third-order valence-corrected chi connectivity index (χ3v) is 1.92. The Kier molecular flexibility index (Phi) is 4.11. The second-order valence-electron chi connectivity index (χ2n) is 3.65. The second-order valence-corrected chi connectivity index (χ2v) is 3.65. The third-order valence-electron chi connectivity index (χ3n) is 1.92. The average molecular weight is 247 g/mol. The van der Waals surface area contributed by atoms with Crippen molar-refractivity contribution in [1.82, 2.24) is 0 Å². The Labute approximate surface area is 96.4 Å². The summed E-state index contributed by atoms with van der Waals surface area (Å²) >= 11 is 0. The van der Waals surface area contributed by atoms with E-state index in [4.69, 9.17) is 5.73 Å². The summed E-state index contributed by atoms with van der Waals surface area (Å²) in [4.78, 5) is 11.6. The lowest BCUT2D eigenvalue weighted by Gasteiger charge is -2.13. The predicted octanol–water partition coefficient (Wildman–Crippen LogP) is 2.51. The Balaban J connectivity index is 2.95. The first-order valence-electron chi connectivity index (χ1n) is 4.93. The molecule has 1 unspecified atom stereocenters. The normalized spacial score (nSPS) is 13.2. The van der Waals surface area contributed by atoms with Crippen LogP contribution in [0.4, 0.5) is 13.2 Å². The molecule has 0 fully saturated rings. The van der Waals surface area contributed by atoms with Crippen LogP contribution in [0.2, 0.25) is 0 Å². The van der Waals surface area contributed by atoms with Gasteiger partial charge in [-0.05, 0) is 19.1 Å². The molecule has 1 atom stereocenters. The lowest BCUT2D eigenvalue weighted by Crippen LogP contribution is -2.22. The molecule has 2 N–H and O–H groups in total. The summed E-state index contributed by atoms with van der Waals surface area (Å²) in [7, 11) is 0. The van der Waals surface area contributed by atoms with Gasteiger partial charge < -0.3 is 10.5 Å². The van der Waals surface area contributed by atoms with Crippen LogP contribution < -0.4 is 10.5 Å². The highest BCUT2D eigenvalue weighted by atomic mass is 19.4. The number of benzene rings is 1. The molecule has 6 heteroatoms. The minimum absolute atomic E-state index is 0.0295. The zero-order valence-corrected chi connectivity index (χ0v) is 9.12. The van der Waals surface area contributed by atoms with E-state index >= 15 is 0 Å². The maximum atomic E-state index is 12.1. The molecule has 0 bridgehead atoms. The molecule has 0 amide bonds. The van der Waals surface area contributed by atoms with Gasteiger partial charge in [0.1, 0.15) is 5.75 Å². The fourth-order valence-corrected chi connectivity index (χ4v) is 1.31. The van der Waals surface area contributed by atoms with Gasteiger partial charge in [0.25, 0.3) is 0 Å². The molecule has 94 valence electrons. The number of para-hydroxylation sites is 1. The fourth-order valence-electron chi connectivity index (χ4n) is 1.31. The number of ketones is 1. The molecule has 0 aliphatic heterocycles. The van der Waals surface area contributed by atoms with Crippen molar-refractivity contribution in [2.24, 2.45) is 5.73 Å². The van der Waals surface area contributed by atoms with Crippen molar-refractivity contribution in [2.45, 2.75) is 25.7 Å². The number of carbonyl (C=O) groups excluding carboxylic acids is 1. The monoisotopic (exact) mass is 247 g/mol. The van der Waals surface area contributed by atoms with Crippen LogP contribution in [0, 0.1) is 0 Å². The molecular weight excluding hydrogens is 235 g/mol. The van der Waals surface area contributed by atoms with E-state index in [0.29, 0.717) is 0 Å². The van der Waals surface area contributed by atoms with Gasteiger partial charge in [-0.3, -0.25) is 4.79 Å². The van der Waals surface area contributed by atoms with Gasteiger partial charge in [-0.15, -0.1) is 13.2 Å². The SMILES string of the molecule is CC(N)CC(=O)c1ccccc1OC(F)(F)F. The molecule has 0 aliphatic carbocycles. The lowest BCUT2D eigenvalue weighted by atomic mass is 10.0. The molecule has 0 saturated carbocycles. The van der Waals surface area contributed by atoms with Crippen LogP contribution in [0.25, 0.3) is 0 Å². The number of hydrogen-bond acceptors (Lipinski definition) is 3. The summed E-state index contributed by atoms with van der Waals surface area (Å²) in [5.41, 5.74) is 5.31. The summed E-state index contributed by atoms with van der Waals surface area (Å²) in [6, 6.07) is 4.80. The third kappa shape index (κ3) is 4.44. The molecule has 17 heavy (non-hydrogen) atoms. The van der Waals surface area contributed by atoms with Gasteiger partial charge in [-0.1, -0.05) is 12.1 Å². The minimum atomic E-state index is -4.81. The van der Waals surface area contributed by atoms with Crippen molar-refractivity contribution in [2.75, 3.05) is 0 Å². The lowest BCUT2D eigenvalue weighted by molar-refractivity contribution is -0.274. The first kappa shape index (κ1) is 13.5. The smallest absolute Gasteiger partial charge is 0.405 e. The molecular formula is C11H12F3NO2. The number of hydrogen-bond donors (Lipinski definition) is 1. The topological polar surface area (TPSA) is 52.3 Å². The van der Waals surface area contributed by atoms with Gasteiger partial charge in [-0.2, -0.15) is 0 Å². The van der Waals surface area contributed by atoms with Crippen LogP contribution >= 0.6 is 0 Å². The number of ether oxygens (including phenoxy) is 1. The Morgan fingerprint density at radius 2 is 2.00 bits per heavy atom. The van der Waals surface area contributed by atoms with Crippen LogP contribution in [-0.4, -0.2) is 18.2 Å². The highest BCUT2D eigenvalue weighted by Crippen LogP contribution is 2.27. The molecule has 1 rings (SSSR count). The molecule has 1 aromatic rings. The molecule has 0 spiro atoms. The van der Waals surface area contributed by atoms with E-state index in [2.05, 4.69) is 4.74 Å². The summed E-state index contributed by atoms with van der Waals surface area (Å²) < 4.78 is 40.0. The number of nitrogens with two attached hydrogens (primary N) is 1. The van der Waals surface area contributed by atoms with E-state index in [1.807, 2.05) is 0 Å².